The lowest BCUT2D eigenvalue weighted by Gasteiger charge is -2.07. The summed E-state index contributed by atoms with van der Waals surface area (Å²) >= 11 is 3.42. The van der Waals surface area contributed by atoms with Gasteiger partial charge in [0.05, 0.1) is 12.2 Å². The molecule has 4 heteroatoms. The van der Waals surface area contributed by atoms with Crippen molar-refractivity contribution < 1.29 is 0 Å². The van der Waals surface area contributed by atoms with Gasteiger partial charge in [0.25, 0.3) is 0 Å². The van der Waals surface area contributed by atoms with Gasteiger partial charge in [0.2, 0.25) is 0 Å². The van der Waals surface area contributed by atoms with Gasteiger partial charge in [0.15, 0.2) is 0 Å². The highest BCUT2D eigenvalue weighted by molar-refractivity contribution is 9.10. The molecule has 0 saturated carbocycles. The number of nitrogens with zero attached hydrogens (tertiary/aromatic N) is 2. The van der Waals surface area contributed by atoms with Gasteiger partial charge in [-0.25, -0.2) is 0 Å². The first kappa shape index (κ1) is 14.3. The van der Waals surface area contributed by atoms with Crippen LogP contribution in [0.5, 0.6) is 0 Å². The van der Waals surface area contributed by atoms with E-state index in [0.29, 0.717) is 0 Å². The van der Waals surface area contributed by atoms with Crippen LogP contribution in [0, 0.1) is 0 Å². The van der Waals surface area contributed by atoms with Gasteiger partial charge in [-0.15, -0.1) is 0 Å². The average molecular weight is 344 g/mol. The molecule has 0 aliphatic carbocycles. The molecule has 0 unspecified atom stereocenters. The molecule has 0 spiro atoms. The molecular formula is C17H18BrN3. The lowest BCUT2D eigenvalue weighted by molar-refractivity contribution is 0.726. The molecule has 2 aromatic heterocycles. The summed E-state index contributed by atoms with van der Waals surface area (Å²) in [7, 11) is 0. The van der Waals surface area contributed by atoms with Crippen LogP contribution in [0.15, 0.2) is 53.3 Å². The summed E-state index contributed by atoms with van der Waals surface area (Å²) in [5.41, 5.74) is 3.64. The molecule has 3 aromatic rings. The highest BCUT2D eigenvalue weighted by atomic mass is 79.9. The Labute approximate surface area is 133 Å². The maximum absolute atomic E-state index is 4.45. The minimum Gasteiger partial charge on any atom is -0.341 e. The van der Waals surface area contributed by atoms with Gasteiger partial charge in [-0.05, 0) is 57.7 Å². The largest absolute Gasteiger partial charge is 0.341 e. The quantitative estimate of drug-likeness (QED) is 0.759. The topological polar surface area (TPSA) is 29.9 Å². The third-order valence-corrected chi connectivity index (χ3v) is 4.01. The second kappa shape index (κ2) is 6.41. The van der Waals surface area contributed by atoms with E-state index in [1.807, 2.05) is 12.3 Å². The Bertz CT molecular complexity index is 731. The minimum atomic E-state index is 0.793. The Morgan fingerprint density at radius 3 is 2.86 bits per heavy atom. The van der Waals surface area contributed by atoms with E-state index in [2.05, 4.69) is 74.3 Å². The number of benzene rings is 1. The number of hydrogen-bond donors (Lipinski definition) is 1. The number of rotatable bonds is 5. The number of halogens is 1. The molecule has 1 N–H and O–H groups in total. The van der Waals surface area contributed by atoms with Crippen molar-refractivity contribution in [2.45, 2.75) is 20.0 Å². The zero-order valence-electron chi connectivity index (χ0n) is 12.0. The predicted molar refractivity (Wildman–Crippen MR) is 90.4 cm³/mol. The number of pyridine rings is 1. The second-order valence-electron chi connectivity index (χ2n) is 5.08. The van der Waals surface area contributed by atoms with E-state index >= 15 is 0 Å². The fourth-order valence-corrected chi connectivity index (χ4v) is 2.66. The third-order valence-electron chi connectivity index (χ3n) is 3.54. The van der Waals surface area contributed by atoms with Gasteiger partial charge < -0.3 is 9.88 Å². The molecular weight excluding hydrogens is 326 g/mol. The number of hydrogen-bond acceptors (Lipinski definition) is 2. The maximum atomic E-state index is 4.45. The average Bonchev–Trinajstić information content (AvgIpc) is 2.90. The zero-order chi connectivity index (χ0) is 14.7. The van der Waals surface area contributed by atoms with Crippen LogP contribution in [-0.2, 0) is 13.1 Å². The van der Waals surface area contributed by atoms with Gasteiger partial charge in [0.1, 0.15) is 0 Å². The van der Waals surface area contributed by atoms with Crippen LogP contribution < -0.4 is 5.32 Å². The van der Waals surface area contributed by atoms with Crippen LogP contribution >= 0.6 is 15.9 Å². The highest BCUT2D eigenvalue weighted by Gasteiger charge is 2.04. The van der Waals surface area contributed by atoms with Crippen molar-refractivity contribution in [2.75, 3.05) is 6.54 Å². The van der Waals surface area contributed by atoms with Gasteiger partial charge in [-0.3, -0.25) is 4.98 Å². The van der Waals surface area contributed by atoms with E-state index in [-0.39, 0.29) is 0 Å². The van der Waals surface area contributed by atoms with E-state index in [1.165, 1.54) is 16.5 Å². The van der Waals surface area contributed by atoms with Crippen LogP contribution in [0.4, 0.5) is 0 Å². The number of aromatic nitrogens is 2. The SMILES string of the molecule is CCNCc1ccc2ccn(Cc3ccc(Br)cn3)c2c1. The second-order valence-corrected chi connectivity index (χ2v) is 6.00. The van der Waals surface area contributed by atoms with E-state index in [4.69, 9.17) is 0 Å². The molecule has 3 nitrogen and oxygen atoms in total. The smallest absolute Gasteiger partial charge is 0.0648 e. The molecule has 108 valence electrons. The van der Waals surface area contributed by atoms with Crippen molar-refractivity contribution in [3.8, 4) is 0 Å². The maximum Gasteiger partial charge on any atom is 0.0648 e. The van der Waals surface area contributed by atoms with Crippen LogP contribution in [0.2, 0.25) is 0 Å². The molecule has 0 aliphatic heterocycles. The molecule has 0 fully saturated rings. The van der Waals surface area contributed by atoms with E-state index < -0.39 is 0 Å². The Hall–Kier alpha value is -1.65. The molecule has 0 radical (unpaired) electrons. The van der Waals surface area contributed by atoms with Crippen LogP contribution in [0.3, 0.4) is 0 Å². The highest BCUT2D eigenvalue weighted by Crippen LogP contribution is 2.19. The fraction of sp³-hybridized carbons (Fsp3) is 0.235. The summed E-state index contributed by atoms with van der Waals surface area (Å²) in [6, 6.07) is 12.9. The van der Waals surface area contributed by atoms with Gasteiger partial charge >= 0.3 is 0 Å². The molecule has 1 aromatic carbocycles. The van der Waals surface area contributed by atoms with E-state index in [9.17, 15) is 0 Å². The van der Waals surface area contributed by atoms with Crippen molar-refractivity contribution in [3.05, 3.63) is 64.5 Å². The van der Waals surface area contributed by atoms with Gasteiger partial charge in [-0.1, -0.05) is 19.1 Å². The Balaban J connectivity index is 1.89. The number of fused-ring (bicyclic) bond motifs is 1. The Kier molecular flexibility index (Phi) is 4.36. The summed E-state index contributed by atoms with van der Waals surface area (Å²) in [5.74, 6) is 0. The first-order chi connectivity index (χ1) is 10.3. The first-order valence-electron chi connectivity index (χ1n) is 7.15. The summed E-state index contributed by atoms with van der Waals surface area (Å²) in [4.78, 5) is 4.45. The van der Waals surface area contributed by atoms with Gasteiger partial charge in [0, 0.05) is 28.9 Å². The summed E-state index contributed by atoms with van der Waals surface area (Å²) < 4.78 is 3.26. The predicted octanol–water partition coefficient (Wildman–Crippen LogP) is 3.96. The van der Waals surface area contributed by atoms with Gasteiger partial charge in [-0.2, -0.15) is 0 Å². The van der Waals surface area contributed by atoms with E-state index in [1.54, 1.807) is 0 Å². The van der Waals surface area contributed by atoms with Crippen molar-refractivity contribution in [1.29, 1.82) is 0 Å². The zero-order valence-corrected chi connectivity index (χ0v) is 13.6. The Morgan fingerprint density at radius 2 is 2.10 bits per heavy atom. The van der Waals surface area contributed by atoms with Crippen LogP contribution in [-0.4, -0.2) is 16.1 Å². The molecule has 0 aliphatic rings. The minimum absolute atomic E-state index is 0.793. The summed E-state index contributed by atoms with van der Waals surface area (Å²) in [5, 5.41) is 4.64. The van der Waals surface area contributed by atoms with Crippen molar-refractivity contribution in [2.24, 2.45) is 0 Å². The fourth-order valence-electron chi connectivity index (χ4n) is 2.42. The normalized spacial score (nSPS) is 11.1. The third kappa shape index (κ3) is 3.34. The van der Waals surface area contributed by atoms with Crippen molar-refractivity contribution in [1.82, 2.24) is 14.9 Å². The molecule has 0 amide bonds. The van der Waals surface area contributed by atoms with Crippen molar-refractivity contribution >= 4 is 26.8 Å². The molecule has 0 atom stereocenters. The standard InChI is InChI=1S/C17H18BrN3/c1-2-19-10-13-3-4-14-7-8-21(17(14)9-13)12-16-6-5-15(18)11-20-16/h3-9,11,19H,2,10,12H2,1H3. The number of nitrogens with one attached hydrogen (secondary N) is 1. The van der Waals surface area contributed by atoms with E-state index in [0.717, 1.165) is 29.8 Å². The molecule has 0 bridgehead atoms. The monoisotopic (exact) mass is 343 g/mol. The lowest BCUT2D eigenvalue weighted by atomic mass is 10.1. The van der Waals surface area contributed by atoms with Crippen LogP contribution in [0.1, 0.15) is 18.2 Å². The molecule has 0 saturated heterocycles. The molecule has 3 rings (SSSR count). The molecule has 21 heavy (non-hydrogen) atoms. The van der Waals surface area contributed by atoms with Crippen LogP contribution in [0.25, 0.3) is 10.9 Å². The first-order valence-corrected chi connectivity index (χ1v) is 7.94. The molecule has 2 heterocycles. The Morgan fingerprint density at radius 1 is 1.19 bits per heavy atom. The lowest BCUT2D eigenvalue weighted by Crippen LogP contribution is -2.11. The van der Waals surface area contributed by atoms with Crippen molar-refractivity contribution in [3.63, 3.8) is 0 Å². The summed E-state index contributed by atoms with van der Waals surface area (Å²) in [6.45, 7) is 4.82. The summed E-state index contributed by atoms with van der Waals surface area (Å²) in [6.07, 6.45) is 3.98.